The van der Waals surface area contributed by atoms with E-state index in [2.05, 4.69) is 4.72 Å². The molecule has 1 heterocycles. The smallest absolute Gasteiger partial charge is 0.345 e. The highest BCUT2D eigenvalue weighted by Gasteiger charge is 2.21. The van der Waals surface area contributed by atoms with Gasteiger partial charge in [0.1, 0.15) is 4.88 Å². The fraction of sp³-hybridized carbons (Fsp3) is 0.500. The van der Waals surface area contributed by atoms with Crippen LogP contribution in [0.15, 0.2) is 11.0 Å². The average molecular weight is 277 g/mol. The van der Waals surface area contributed by atoms with Gasteiger partial charge in [-0.05, 0) is 19.4 Å². The number of unbranched alkanes of at least 4 members (excludes halogenated alkanes) is 1. The molecule has 0 aliphatic heterocycles. The molecular formula is C10H15NO4S2. The molecule has 0 saturated heterocycles. The van der Waals surface area contributed by atoms with Crippen molar-refractivity contribution in [2.45, 2.75) is 31.6 Å². The Labute approximate surface area is 105 Å². The highest BCUT2D eigenvalue weighted by molar-refractivity contribution is 7.89. The predicted octanol–water partition coefficient (Wildman–Crippen LogP) is 1.83. The van der Waals surface area contributed by atoms with E-state index in [1.807, 2.05) is 6.92 Å². The number of carboxylic acids is 1. The third kappa shape index (κ3) is 3.52. The summed E-state index contributed by atoms with van der Waals surface area (Å²) in [5, 5.41) is 8.80. The van der Waals surface area contributed by atoms with E-state index in [1.54, 1.807) is 6.92 Å². The number of carbonyl (C=O) groups is 1. The second-order valence-corrected chi connectivity index (χ2v) is 6.58. The van der Waals surface area contributed by atoms with Crippen molar-refractivity contribution >= 4 is 27.3 Å². The first-order valence-electron chi connectivity index (χ1n) is 5.22. The van der Waals surface area contributed by atoms with Gasteiger partial charge in [0, 0.05) is 11.4 Å². The third-order valence-corrected chi connectivity index (χ3v) is 4.95. The maximum atomic E-state index is 11.9. The van der Waals surface area contributed by atoms with Crippen LogP contribution in [0.3, 0.4) is 0 Å². The number of aryl methyl sites for hydroxylation is 1. The van der Waals surface area contributed by atoms with Crippen molar-refractivity contribution < 1.29 is 18.3 Å². The van der Waals surface area contributed by atoms with Crippen LogP contribution in [0.5, 0.6) is 0 Å². The van der Waals surface area contributed by atoms with Gasteiger partial charge < -0.3 is 5.11 Å². The number of rotatable bonds is 6. The molecule has 2 N–H and O–H groups in total. The van der Waals surface area contributed by atoms with Gasteiger partial charge in [-0.2, -0.15) is 0 Å². The molecule has 96 valence electrons. The van der Waals surface area contributed by atoms with Crippen LogP contribution < -0.4 is 4.72 Å². The average Bonchev–Trinajstić information content (AvgIpc) is 2.61. The van der Waals surface area contributed by atoms with E-state index in [1.165, 1.54) is 6.07 Å². The van der Waals surface area contributed by atoms with Crippen LogP contribution in [0.4, 0.5) is 0 Å². The molecule has 0 atom stereocenters. The number of sulfonamides is 1. The summed E-state index contributed by atoms with van der Waals surface area (Å²) < 4.78 is 26.2. The Bertz CT molecular complexity index is 504. The molecule has 7 heteroatoms. The highest BCUT2D eigenvalue weighted by Crippen LogP contribution is 2.25. The zero-order chi connectivity index (χ0) is 13.1. The minimum atomic E-state index is -3.58. The van der Waals surface area contributed by atoms with Crippen LogP contribution >= 0.6 is 11.3 Å². The molecule has 17 heavy (non-hydrogen) atoms. The second kappa shape index (κ2) is 5.61. The molecule has 0 aliphatic carbocycles. The summed E-state index contributed by atoms with van der Waals surface area (Å²) in [6.45, 7) is 3.94. The molecule has 0 amide bonds. The maximum absolute atomic E-state index is 11.9. The number of aromatic carboxylic acids is 1. The zero-order valence-electron chi connectivity index (χ0n) is 9.69. The van der Waals surface area contributed by atoms with Crippen LogP contribution in [0.1, 0.15) is 34.3 Å². The molecule has 0 radical (unpaired) electrons. The Balaban J connectivity index is 2.95. The lowest BCUT2D eigenvalue weighted by atomic mass is 10.3. The molecule has 5 nitrogen and oxygen atoms in total. The van der Waals surface area contributed by atoms with Gasteiger partial charge in [-0.3, -0.25) is 0 Å². The molecule has 0 aliphatic rings. The SMILES string of the molecule is CCCCNS(=O)(=O)c1cc(C(=O)O)sc1C. The van der Waals surface area contributed by atoms with Crippen molar-refractivity contribution in [3.05, 3.63) is 15.8 Å². The fourth-order valence-corrected chi connectivity index (χ4v) is 3.80. The molecule has 0 unspecified atom stereocenters. The monoisotopic (exact) mass is 277 g/mol. The van der Waals surface area contributed by atoms with Crippen LogP contribution in [0, 0.1) is 6.92 Å². The van der Waals surface area contributed by atoms with Crippen molar-refractivity contribution in [1.29, 1.82) is 0 Å². The molecule has 1 rings (SSSR count). The summed E-state index contributed by atoms with van der Waals surface area (Å²) in [6, 6.07) is 1.20. The third-order valence-electron chi connectivity index (χ3n) is 2.19. The van der Waals surface area contributed by atoms with E-state index in [9.17, 15) is 13.2 Å². The standard InChI is InChI=1S/C10H15NO4S2/c1-3-4-5-11-17(14,15)9-6-8(10(12)13)16-7(9)2/h6,11H,3-5H2,1-2H3,(H,12,13). The number of thiophene rings is 1. The molecule has 0 aromatic carbocycles. The van der Waals surface area contributed by atoms with E-state index >= 15 is 0 Å². The van der Waals surface area contributed by atoms with E-state index in [-0.39, 0.29) is 9.77 Å². The van der Waals surface area contributed by atoms with Crippen LogP contribution in [-0.4, -0.2) is 26.0 Å². The molecule has 0 bridgehead atoms. The Kier molecular flexibility index (Phi) is 4.67. The number of hydrogen-bond donors (Lipinski definition) is 2. The molecule has 0 spiro atoms. The zero-order valence-corrected chi connectivity index (χ0v) is 11.3. The van der Waals surface area contributed by atoms with Crippen molar-refractivity contribution in [3.8, 4) is 0 Å². The van der Waals surface area contributed by atoms with Gasteiger partial charge >= 0.3 is 5.97 Å². The highest BCUT2D eigenvalue weighted by atomic mass is 32.2. The van der Waals surface area contributed by atoms with Crippen molar-refractivity contribution in [2.24, 2.45) is 0 Å². The first-order chi connectivity index (χ1) is 7.88. The van der Waals surface area contributed by atoms with Crippen LogP contribution in [-0.2, 0) is 10.0 Å². The minimum Gasteiger partial charge on any atom is -0.477 e. The molecule has 0 fully saturated rings. The Morgan fingerprint density at radius 1 is 1.53 bits per heavy atom. The molecule has 1 aromatic heterocycles. The van der Waals surface area contributed by atoms with Crippen molar-refractivity contribution in [1.82, 2.24) is 4.72 Å². The van der Waals surface area contributed by atoms with E-state index in [0.29, 0.717) is 11.4 Å². The lowest BCUT2D eigenvalue weighted by Gasteiger charge is -2.04. The normalized spacial score (nSPS) is 11.6. The van der Waals surface area contributed by atoms with Crippen molar-refractivity contribution in [2.75, 3.05) is 6.54 Å². The summed E-state index contributed by atoms with van der Waals surface area (Å²) in [5.74, 6) is -1.10. The number of nitrogens with one attached hydrogen (secondary N) is 1. The summed E-state index contributed by atoms with van der Waals surface area (Å²) in [7, 11) is -3.58. The lowest BCUT2D eigenvalue weighted by Crippen LogP contribution is -2.24. The van der Waals surface area contributed by atoms with E-state index < -0.39 is 16.0 Å². The van der Waals surface area contributed by atoms with Gasteiger partial charge in [0.05, 0.1) is 4.90 Å². The number of hydrogen-bond acceptors (Lipinski definition) is 4. The Morgan fingerprint density at radius 3 is 2.65 bits per heavy atom. The summed E-state index contributed by atoms with van der Waals surface area (Å²) in [4.78, 5) is 11.3. The minimum absolute atomic E-state index is 0.0402. The summed E-state index contributed by atoms with van der Waals surface area (Å²) in [6.07, 6.45) is 1.65. The van der Waals surface area contributed by atoms with Gasteiger partial charge in [0.25, 0.3) is 0 Å². The van der Waals surface area contributed by atoms with Crippen LogP contribution in [0.2, 0.25) is 0 Å². The number of carboxylic acid groups (broad SMARTS) is 1. The van der Waals surface area contributed by atoms with Gasteiger partial charge in [0.2, 0.25) is 10.0 Å². The van der Waals surface area contributed by atoms with Crippen molar-refractivity contribution in [3.63, 3.8) is 0 Å². The predicted molar refractivity (Wildman–Crippen MR) is 66.1 cm³/mol. The molecule has 1 aromatic rings. The first-order valence-corrected chi connectivity index (χ1v) is 7.52. The molecular weight excluding hydrogens is 262 g/mol. The van der Waals surface area contributed by atoms with E-state index in [4.69, 9.17) is 5.11 Å². The lowest BCUT2D eigenvalue weighted by molar-refractivity contribution is 0.0702. The van der Waals surface area contributed by atoms with Crippen LogP contribution in [0.25, 0.3) is 0 Å². The van der Waals surface area contributed by atoms with E-state index in [0.717, 1.165) is 24.2 Å². The van der Waals surface area contributed by atoms with Gasteiger partial charge in [0.15, 0.2) is 0 Å². The first kappa shape index (κ1) is 14.1. The summed E-state index contributed by atoms with van der Waals surface area (Å²) >= 11 is 0.970. The van der Waals surface area contributed by atoms with Gasteiger partial charge in [-0.1, -0.05) is 13.3 Å². The molecule has 0 saturated carbocycles. The largest absolute Gasteiger partial charge is 0.477 e. The second-order valence-electron chi connectivity index (χ2n) is 3.59. The topological polar surface area (TPSA) is 83.5 Å². The summed E-state index contributed by atoms with van der Waals surface area (Å²) in [5.41, 5.74) is 0. The maximum Gasteiger partial charge on any atom is 0.345 e. The van der Waals surface area contributed by atoms with Gasteiger partial charge in [-0.25, -0.2) is 17.9 Å². The quantitative estimate of drug-likeness (QED) is 0.777. The Hall–Kier alpha value is -0.920. The fourth-order valence-electron chi connectivity index (χ4n) is 1.30. The Morgan fingerprint density at radius 2 is 2.18 bits per heavy atom. The van der Waals surface area contributed by atoms with Gasteiger partial charge in [-0.15, -0.1) is 11.3 Å².